The number of aliphatic hydroxyl groups excluding tert-OH is 1. The molecule has 0 bridgehead atoms. The van der Waals surface area contributed by atoms with Gasteiger partial charge >= 0.3 is 0 Å². The number of Topliss-reactive ketones (excluding diaryl/α,β-unsaturated/α-hetero) is 1. The molecule has 0 radical (unpaired) electrons. The molecule has 2 aromatic heterocycles. The molecule has 0 spiro atoms. The fourth-order valence-electron chi connectivity index (χ4n) is 4.42. The van der Waals surface area contributed by atoms with Gasteiger partial charge in [-0.15, -0.1) is 11.3 Å². The molecule has 1 N–H and O–H groups in total. The number of amides is 1. The molecule has 1 aliphatic rings. The Morgan fingerprint density at radius 2 is 1.81 bits per heavy atom. The number of hydrogen-bond acceptors (Lipinski definition) is 4. The Bertz CT molecular complexity index is 1360. The van der Waals surface area contributed by atoms with Crippen molar-refractivity contribution < 1.29 is 14.7 Å². The molecular weight excluding hydrogens is 420 g/mol. The maximum atomic E-state index is 13.5. The van der Waals surface area contributed by atoms with Crippen molar-refractivity contribution in [2.75, 3.05) is 4.90 Å². The summed E-state index contributed by atoms with van der Waals surface area (Å²) in [5.74, 6) is -1.37. The molecule has 4 aromatic rings. The summed E-state index contributed by atoms with van der Waals surface area (Å²) in [6.07, 6.45) is 2.82. The van der Waals surface area contributed by atoms with Crippen molar-refractivity contribution in [3.63, 3.8) is 0 Å². The van der Waals surface area contributed by atoms with E-state index in [4.69, 9.17) is 0 Å². The zero-order valence-electron chi connectivity index (χ0n) is 17.8. The Labute approximate surface area is 189 Å². The van der Waals surface area contributed by atoms with E-state index < -0.39 is 17.7 Å². The van der Waals surface area contributed by atoms with E-state index in [9.17, 15) is 14.7 Å². The van der Waals surface area contributed by atoms with Gasteiger partial charge < -0.3 is 9.67 Å². The molecule has 5 nitrogen and oxygen atoms in total. The van der Waals surface area contributed by atoms with Crippen LogP contribution in [0.1, 0.15) is 33.8 Å². The highest BCUT2D eigenvalue weighted by atomic mass is 32.1. The molecule has 6 heteroatoms. The smallest absolute Gasteiger partial charge is 0.294 e. The summed E-state index contributed by atoms with van der Waals surface area (Å²) in [6, 6.07) is 18.4. The van der Waals surface area contributed by atoms with Crippen molar-refractivity contribution in [2.45, 2.75) is 19.4 Å². The number of aliphatic hydroxyl groups is 1. The second-order valence-electron chi connectivity index (χ2n) is 7.88. The SMILES string of the molecule is CCc1ccc(N2C(=O)C(O)=C(C(=O)c3cccs3)C2c2cn(C)c3ccccc23)cc1. The first-order valence-electron chi connectivity index (χ1n) is 10.5. The van der Waals surface area contributed by atoms with Gasteiger partial charge in [-0.3, -0.25) is 14.5 Å². The Morgan fingerprint density at radius 1 is 1.06 bits per heavy atom. The van der Waals surface area contributed by atoms with Crippen molar-refractivity contribution in [3.05, 3.63) is 99.6 Å². The van der Waals surface area contributed by atoms with Crippen LogP contribution in [0.2, 0.25) is 0 Å². The Kier molecular flexibility index (Phi) is 4.94. The van der Waals surface area contributed by atoms with Crippen LogP contribution in [0.25, 0.3) is 10.9 Å². The summed E-state index contributed by atoms with van der Waals surface area (Å²) in [5.41, 5.74) is 3.71. The van der Waals surface area contributed by atoms with Crippen LogP contribution in [-0.2, 0) is 18.3 Å². The number of aromatic nitrogens is 1. The summed E-state index contributed by atoms with van der Waals surface area (Å²) in [7, 11) is 1.94. The number of nitrogens with zero attached hydrogens (tertiary/aromatic N) is 2. The number of benzene rings is 2. The molecule has 1 unspecified atom stereocenters. The van der Waals surface area contributed by atoms with Crippen molar-refractivity contribution in [2.24, 2.45) is 7.05 Å². The highest BCUT2D eigenvalue weighted by molar-refractivity contribution is 7.12. The third-order valence-corrected chi connectivity index (χ3v) is 6.91. The Morgan fingerprint density at radius 3 is 2.50 bits per heavy atom. The number of para-hydroxylation sites is 1. The monoisotopic (exact) mass is 442 g/mol. The maximum Gasteiger partial charge on any atom is 0.294 e. The number of rotatable bonds is 5. The topological polar surface area (TPSA) is 62.5 Å². The fraction of sp³-hybridized carbons (Fsp3) is 0.154. The number of thiophene rings is 1. The molecule has 3 heterocycles. The molecule has 0 saturated heterocycles. The van der Waals surface area contributed by atoms with Gasteiger partial charge in [0.15, 0.2) is 5.76 Å². The van der Waals surface area contributed by atoms with E-state index in [1.807, 2.05) is 71.7 Å². The second kappa shape index (κ2) is 7.80. The lowest BCUT2D eigenvalue weighted by atomic mass is 9.94. The Balaban J connectivity index is 1.73. The molecule has 1 aliphatic heterocycles. The fourth-order valence-corrected chi connectivity index (χ4v) is 5.10. The van der Waals surface area contributed by atoms with Crippen LogP contribution in [-0.4, -0.2) is 21.4 Å². The second-order valence-corrected chi connectivity index (χ2v) is 8.83. The predicted octanol–water partition coefficient (Wildman–Crippen LogP) is 5.59. The molecule has 32 heavy (non-hydrogen) atoms. The zero-order chi connectivity index (χ0) is 22.4. The summed E-state index contributed by atoms with van der Waals surface area (Å²) in [5, 5.41) is 13.7. The van der Waals surface area contributed by atoms with Crippen molar-refractivity contribution in [1.29, 1.82) is 0 Å². The van der Waals surface area contributed by atoms with Crippen LogP contribution in [0, 0.1) is 0 Å². The zero-order valence-corrected chi connectivity index (χ0v) is 18.6. The number of carbonyl (C=O) groups is 2. The van der Waals surface area contributed by atoms with Crippen LogP contribution in [0.5, 0.6) is 0 Å². The van der Waals surface area contributed by atoms with Gasteiger partial charge in [0.2, 0.25) is 5.78 Å². The highest BCUT2D eigenvalue weighted by Gasteiger charge is 2.45. The van der Waals surface area contributed by atoms with E-state index in [1.165, 1.54) is 16.2 Å². The standard InChI is InChI=1S/C26H22N2O3S/c1-3-16-10-12-17(13-11-16)28-23(19-15-27(2)20-8-5-4-7-18(19)20)22(25(30)26(28)31)24(29)21-9-6-14-32-21/h4-15,23,30H,3H2,1-2H3. The maximum absolute atomic E-state index is 13.5. The molecule has 0 fully saturated rings. The molecule has 0 aliphatic carbocycles. The minimum Gasteiger partial charge on any atom is -0.503 e. The van der Waals surface area contributed by atoms with E-state index in [1.54, 1.807) is 12.1 Å². The van der Waals surface area contributed by atoms with Crippen LogP contribution in [0.15, 0.2) is 83.6 Å². The average Bonchev–Trinajstić information content (AvgIpc) is 3.52. The first kappa shape index (κ1) is 20.3. The first-order valence-corrected chi connectivity index (χ1v) is 11.4. The van der Waals surface area contributed by atoms with Gasteiger partial charge in [0, 0.05) is 35.4 Å². The average molecular weight is 443 g/mol. The van der Waals surface area contributed by atoms with E-state index in [0.717, 1.165) is 28.5 Å². The van der Waals surface area contributed by atoms with Gasteiger partial charge in [0.25, 0.3) is 5.91 Å². The van der Waals surface area contributed by atoms with Gasteiger partial charge in [-0.25, -0.2) is 0 Å². The lowest BCUT2D eigenvalue weighted by Crippen LogP contribution is -2.31. The number of fused-ring (bicyclic) bond motifs is 1. The summed E-state index contributed by atoms with van der Waals surface area (Å²) in [4.78, 5) is 28.8. The van der Waals surface area contributed by atoms with Gasteiger partial charge in [-0.05, 0) is 41.6 Å². The minimum absolute atomic E-state index is 0.119. The molecule has 2 aromatic carbocycles. The van der Waals surface area contributed by atoms with Gasteiger partial charge in [-0.2, -0.15) is 0 Å². The molecule has 1 atom stereocenters. The molecular formula is C26H22N2O3S. The van der Waals surface area contributed by atoms with E-state index in [-0.39, 0.29) is 11.4 Å². The van der Waals surface area contributed by atoms with Crippen molar-refractivity contribution in [1.82, 2.24) is 4.57 Å². The number of anilines is 1. The lowest BCUT2D eigenvalue weighted by molar-refractivity contribution is -0.117. The molecule has 0 saturated carbocycles. The summed E-state index contributed by atoms with van der Waals surface area (Å²) >= 11 is 1.30. The summed E-state index contributed by atoms with van der Waals surface area (Å²) in [6.45, 7) is 2.07. The minimum atomic E-state index is -0.726. The third-order valence-electron chi connectivity index (χ3n) is 6.04. The van der Waals surface area contributed by atoms with Crippen LogP contribution in [0.4, 0.5) is 5.69 Å². The highest BCUT2D eigenvalue weighted by Crippen LogP contribution is 2.44. The van der Waals surface area contributed by atoms with E-state index in [2.05, 4.69) is 6.92 Å². The molecule has 1 amide bonds. The molecule has 160 valence electrons. The summed E-state index contributed by atoms with van der Waals surface area (Å²) < 4.78 is 1.98. The number of aryl methyl sites for hydroxylation is 2. The number of hydrogen-bond donors (Lipinski definition) is 1. The normalized spacial score (nSPS) is 16.4. The quantitative estimate of drug-likeness (QED) is 0.410. The van der Waals surface area contributed by atoms with Gasteiger partial charge in [0.05, 0.1) is 16.5 Å². The lowest BCUT2D eigenvalue weighted by Gasteiger charge is -2.26. The number of ketones is 1. The largest absolute Gasteiger partial charge is 0.503 e. The van der Waals surface area contributed by atoms with Crippen LogP contribution in [0.3, 0.4) is 0 Å². The van der Waals surface area contributed by atoms with Gasteiger partial charge in [-0.1, -0.05) is 43.3 Å². The van der Waals surface area contributed by atoms with Gasteiger partial charge in [0.1, 0.15) is 0 Å². The van der Waals surface area contributed by atoms with E-state index >= 15 is 0 Å². The van der Waals surface area contributed by atoms with Crippen LogP contribution < -0.4 is 4.90 Å². The first-order chi connectivity index (χ1) is 15.5. The van der Waals surface area contributed by atoms with Crippen molar-refractivity contribution >= 4 is 39.6 Å². The van der Waals surface area contributed by atoms with Crippen molar-refractivity contribution in [3.8, 4) is 0 Å². The number of carbonyl (C=O) groups excluding carboxylic acids is 2. The Hall–Kier alpha value is -3.64. The van der Waals surface area contributed by atoms with E-state index in [0.29, 0.717) is 10.6 Å². The molecule has 5 rings (SSSR count). The third kappa shape index (κ3) is 3.07. The predicted molar refractivity (Wildman–Crippen MR) is 127 cm³/mol. The van der Waals surface area contributed by atoms with Crippen LogP contribution >= 0.6 is 11.3 Å².